The number of benzene rings is 1. The first-order valence-electron chi connectivity index (χ1n) is 9.04. The Morgan fingerprint density at radius 2 is 1.74 bits per heavy atom. The lowest BCUT2D eigenvalue weighted by atomic mass is 10.1. The van der Waals surface area contributed by atoms with Gasteiger partial charge in [0.25, 0.3) is 0 Å². The summed E-state index contributed by atoms with van der Waals surface area (Å²) < 4.78 is 7.25. The van der Waals surface area contributed by atoms with Gasteiger partial charge in [0.15, 0.2) is 5.96 Å². The van der Waals surface area contributed by atoms with Crippen LogP contribution in [0.2, 0.25) is 0 Å². The van der Waals surface area contributed by atoms with E-state index >= 15 is 0 Å². The molecule has 2 N–H and O–H groups in total. The second-order valence-electron chi connectivity index (χ2n) is 6.43. The van der Waals surface area contributed by atoms with Crippen LogP contribution in [-0.4, -0.2) is 54.0 Å². The average molecular weight is 484 g/mol. The van der Waals surface area contributed by atoms with Gasteiger partial charge in [-0.2, -0.15) is 5.10 Å². The lowest BCUT2D eigenvalue weighted by Crippen LogP contribution is -2.36. The maximum absolute atomic E-state index is 5.40. The van der Waals surface area contributed by atoms with Crippen LogP contribution in [0.1, 0.15) is 16.8 Å². The van der Waals surface area contributed by atoms with Crippen LogP contribution in [0.3, 0.4) is 0 Å². The Hall–Kier alpha value is -1.65. The molecule has 0 saturated carbocycles. The van der Waals surface area contributed by atoms with E-state index in [2.05, 4.69) is 49.9 Å². The van der Waals surface area contributed by atoms with E-state index in [0.29, 0.717) is 6.54 Å². The fraction of sp³-hybridized carbons (Fsp3) is 0.474. The summed E-state index contributed by atoms with van der Waals surface area (Å²) in [7, 11) is 3.72. The number of morpholine rings is 1. The molecular formula is C19H29IN6O. The summed E-state index contributed by atoms with van der Waals surface area (Å²) in [5, 5.41) is 10.8. The van der Waals surface area contributed by atoms with Crippen molar-refractivity contribution in [2.24, 2.45) is 12.0 Å². The summed E-state index contributed by atoms with van der Waals surface area (Å²) in [6, 6.07) is 10.8. The molecule has 0 amide bonds. The van der Waals surface area contributed by atoms with Gasteiger partial charge in [0.2, 0.25) is 0 Å². The van der Waals surface area contributed by atoms with Crippen LogP contribution in [0.5, 0.6) is 0 Å². The Morgan fingerprint density at radius 3 is 2.37 bits per heavy atom. The molecule has 3 rings (SSSR count). The molecule has 2 aromatic rings. The topological polar surface area (TPSA) is 66.7 Å². The first-order chi connectivity index (χ1) is 12.7. The molecule has 7 nitrogen and oxygen atoms in total. The van der Waals surface area contributed by atoms with Crippen LogP contribution in [0.25, 0.3) is 0 Å². The normalized spacial score (nSPS) is 15.3. The molecule has 1 fully saturated rings. The van der Waals surface area contributed by atoms with Crippen molar-refractivity contribution in [1.82, 2.24) is 25.3 Å². The van der Waals surface area contributed by atoms with Crippen LogP contribution in [-0.2, 0) is 31.4 Å². The third-order valence-corrected chi connectivity index (χ3v) is 4.58. The number of nitrogens with one attached hydrogen (secondary N) is 2. The number of halogens is 1. The zero-order chi connectivity index (χ0) is 18.2. The van der Waals surface area contributed by atoms with E-state index in [-0.39, 0.29) is 24.0 Å². The predicted octanol–water partition coefficient (Wildman–Crippen LogP) is 1.74. The summed E-state index contributed by atoms with van der Waals surface area (Å²) in [4.78, 5) is 6.70. The maximum atomic E-state index is 5.40. The minimum Gasteiger partial charge on any atom is -0.379 e. The van der Waals surface area contributed by atoms with Crippen molar-refractivity contribution < 1.29 is 4.74 Å². The molecule has 0 bridgehead atoms. The van der Waals surface area contributed by atoms with Gasteiger partial charge in [-0.1, -0.05) is 24.3 Å². The Balaban J connectivity index is 0.00000261. The third kappa shape index (κ3) is 6.78. The highest BCUT2D eigenvalue weighted by atomic mass is 127. The molecule has 2 heterocycles. The van der Waals surface area contributed by atoms with Gasteiger partial charge in [-0.3, -0.25) is 14.6 Å². The van der Waals surface area contributed by atoms with E-state index in [9.17, 15) is 0 Å². The molecule has 1 saturated heterocycles. The van der Waals surface area contributed by atoms with Crippen molar-refractivity contribution in [3.8, 4) is 0 Å². The Labute approximate surface area is 178 Å². The molecule has 1 aromatic heterocycles. The number of aliphatic imine (C=N–C) groups is 1. The molecule has 8 heteroatoms. The standard InChI is InChI=1S/C19H28N6O.HI/c1-20-19(22-14-18-7-8-23-24(18)2)21-13-16-3-5-17(6-4-16)15-25-9-11-26-12-10-25;/h3-8H,9-15H2,1-2H3,(H2,20,21,22);1H. The molecule has 0 atom stereocenters. The van der Waals surface area contributed by atoms with Crippen molar-refractivity contribution in [3.63, 3.8) is 0 Å². The fourth-order valence-corrected chi connectivity index (χ4v) is 2.94. The molecule has 0 unspecified atom stereocenters. The van der Waals surface area contributed by atoms with Crippen LogP contribution in [0.4, 0.5) is 0 Å². The van der Waals surface area contributed by atoms with Crippen LogP contribution in [0, 0.1) is 0 Å². The van der Waals surface area contributed by atoms with Gasteiger partial charge >= 0.3 is 0 Å². The van der Waals surface area contributed by atoms with E-state index in [1.54, 1.807) is 13.2 Å². The molecule has 148 valence electrons. The Kier molecular flexibility index (Phi) is 9.02. The molecule has 0 aliphatic carbocycles. The van der Waals surface area contributed by atoms with Crippen molar-refractivity contribution in [3.05, 3.63) is 53.3 Å². The number of aromatic nitrogens is 2. The number of nitrogens with zero attached hydrogens (tertiary/aromatic N) is 4. The smallest absolute Gasteiger partial charge is 0.191 e. The van der Waals surface area contributed by atoms with Crippen LogP contribution < -0.4 is 10.6 Å². The van der Waals surface area contributed by atoms with Gasteiger partial charge in [0.05, 0.1) is 25.5 Å². The molecule has 1 aromatic carbocycles. The highest BCUT2D eigenvalue weighted by molar-refractivity contribution is 14.0. The highest BCUT2D eigenvalue weighted by Gasteiger charge is 2.10. The summed E-state index contributed by atoms with van der Waals surface area (Å²) in [5.41, 5.74) is 3.69. The second-order valence-corrected chi connectivity index (χ2v) is 6.43. The first-order valence-corrected chi connectivity index (χ1v) is 9.04. The highest BCUT2D eigenvalue weighted by Crippen LogP contribution is 2.09. The van der Waals surface area contributed by atoms with E-state index in [1.165, 1.54) is 11.1 Å². The lowest BCUT2D eigenvalue weighted by Gasteiger charge is -2.26. The molecule has 0 radical (unpaired) electrons. The predicted molar refractivity (Wildman–Crippen MR) is 118 cm³/mol. The van der Waals surface area contributed by atoms with Crippen molar-refractivity contribution in [2.75, 3.05) is 33.4 Å². The van der Waals surface area contributed by atoms with Crippen molar-refractivity contribution >= 4 is 29.9 Å². The summed E-state index contributed by atoms with van der Waals surface area (Å²) in [6.45, 7) is 6.13. The number of rotatable bonds is 6. The molecule has 27 heavy (non-hydrogen) atoms. The Morgan fingerprint density at radius 1 is 1.07 bits per heavy atom. The summed E-state index contributed by atoms with van der Waals surface area (Å²) >= 11 is 0. The summed E-state index contributed by atoms with van der Waals surface area (Å²) in [5.74, 6) is 0.781. The van der Waals surface area contributed by atoms with Crippen molar-refractivity contribution in [2.45, 2.75) is 19.6 Å². The third-order valence-electron chi connectivity index (χ3n) is 4.58. The Bertz CT molecular complexity index is 709. The largest absolute Gasteiger partial charge is 0.379 e. The molecule has 1 aliphatic rings. The monoisotopic (exact) mass is 484 g/mol. The van der Waals surface area contributed by atoms with Crippen LogP contribution in [0.15, 0.2) is 41.5 Å². The first kappa shape index (κ1) is 21.6. The average Bonchev–Trinajstić information content (AvgIpc) is 3.09. The quantitative estimate of drug-likeness (QED) is 0.372. The number of hydrogen-bond acceptors (Lipinski definition) is 4. The van der Waals surface area contributed by atoms with E-state index in [0.717, 1.165) is 51.0 Å². The maximum Gasteiger partial charge on any atom is 0.191 e. The van der Waals surface area contributed by atoms with Gasteiger partial charge in [-0.15, -0.1) is 24.0 Å². The van der Waals surface area contributed by atoms with Gasteiger partial charge in [0.1, 0.15) is 0 Å². The second kappa shape index (κ2) is 11.3. The van der Waals surface area contributed by atoms with E-state index < -0.39 is 0 Å². The number of hydrogen-bond donors (Lipinski definition) is 2. The van der Waals surface area contributed by atoms with Crippen LogP contribution >= 0.6 is 24.0 Å². The number of guanidine groups is 1. The van der Waals surface area contributed by atoms with Crippen molar-refractivity contribution in [1.29, 1.82) is 0 Å². The SMILES string of the molecule is CN=C(NCc1ccc(CN2CCOCC2)cc1)NCc1ccnn1C.I. The molecule has 1 aliphatic heterocycles. The minimum atomic E-state index is 0. The molecular weight excluding hydrogens is 455 g/mol. The van der Waals surface area contributed by atoms with Gasteiger partial charge < -0.3 is 15.4 Å². The number of aryl methyl sites for hydroxylation is 1. The van der Waals surface area contributed by atoms with E-state index in [1.807, 2.05) is 17.8 Å². The number of ether oxygens (including phenoxy) is 1. The lowest BCUT2D eigenvalue weighted by molar-refractivity contribution is 0.0342. The zero-order valence-corrected chi connectivity index (χ0v) is 18.3. The van der Waals surface area contributed by atoms with Gasteiger partial charge in [-0.25, -0.2) is 0 Å². The summed E-state index contributed by atoms with van der Waals surface area (Å²) in [6.07, 6.45) is 1.80. The minimum absolute atomic E-state index is 0. The van der Waals surface area contributed by atoms with E-state index in [4.69, 9.17) is 4.74 Å². The molecule has 0 spiro atoms. The zero-order valence-electron chi connectivity index (χ0n) is 16.0. The fourth-order valence-electron chi connectivity index (χ4n) is 2.94. The van der Waals surface area contributed by atoms with Gasteiger partial charge in [-0.05, 0) is 17.2 Å². The van der Waals surface area contributed by atoms with Gasteiger partial charge in [0, 0.05) is 46.5 Å².